The van der Waals surface area contributed by atoms with E-state index in [4.69, 9.17) is 19.2 Å². The maximum absolute atomic E-state index is 12.3. The minimum absolute atomic E-state index is 0.329. The zero-order chi connectivity index (χ0) is 26.3. The van der Waals surface area contributed by atoms with E-state index in [0.717, 1.165) is 47.0 Å². The number of para-hydroxylation sites is 1. The number of nitrogens with zero attached hydrogens (tertiary/aromatic N) is 1. The lowest BCUT2D eigenvalue weighted by Gasteiger charge is -2.70. The molecule has 2 spiro atoms. The van der Waals surface area contributed by atoms with Crippen molar-refractivity contribution in [3.05, 3.63) is 53.6 Å². The summed E-state index contributed by atoms with van der Waals surface area (Å²) in [7, 11) is -1.21. The van der Waals surface area contributed by atoms with E-state index in [9.17, 15) is 4.79 Å². The highest BCUT2D eigenvalue weighted by Crippen LogP contribution is 2.74. The number of anilines is 2. The highest BCUT2D eigenvalue weighted by Gasteiger charge is 2.78. The molecule has 0 amide bonds. The molecule has 6 aliphatic rings. The van der Waals surface area contributed by atoms with Crippen LogP contribution in [0, 0.1) is 23.7 Å². The minimum atomic E-state index is -1.21. The van der Waals surface area contributed by atoms with Crippen molar-refractivity contribution in [2.75, 3.05) is 18.2 Å². The highest BCUT2D eigenvalue weighted by atomic mass is 28.3. The average molecular weight is 534 g/mol. The monoisotopic (exact) mass is 533 g/mol. The van der Waals surface area contributed by atoms with E-state index in [1.807, 2.05) is 12.1 Å². The van der Waals surface area contributed by atoms with Crippen molar-refractivity contribution in [2.45, 2.75) is 75.9 Å². The van der Waals surface area contributed by atoms with Crippen LogP contribution in [0.25, 0.3) is 0 Å². The van der Waals surface area contributed by atoms with E-state index in [0.29, 0.717) is 24.3 Å². The molecular formula is C31H39NO5Si. The zero-order valence-electron chi connectivity index (χ0n) is 23.0. The predicted molar refractivity (Wildman–Crippen MR) is 148 cm³/mol. The molecule has 4 aliphatic carbocycles. The minimum Gasteiger partial charge on any atom is -0.426 e. The Labute approximate surface area is 226 Å². The molecule has 0 N–H and O–H groups in total. The predicted octanol–water partition coefficient (Wildman–Crippen LogP) is 6.78. The molecular weight excluding hydrogens is 494 g/mol. The topological polar surface area (TPSA) is 57.2 Å². The molecule has 6 nitrogen and oxygen atoms in total. The third-order valence-electron chi connectivity index (χ3n) is 9.90. The van der Waals surface area contributed by atoms with Crippen LogP contribution < -0.4 is 9.64 Å². The molecule has 2 heterocycles. The molecule has 1 unspecified atom stereocenters. The highest BCUT2D eigenvalue weighted by molar-refractivity contribution is 6.76. The van der Waals surface area contributed by atoms with Crippen molar-refractivity contribution in [3.8, 4) is 5.75 Å². The summed E-state index contributed by atoms with van der Waals surface area (Å²) in [6.07, 6.45) is 6.12. The molecule has 38 heavy (non-hydrogen) atoms. The zero-order valence-corrected chi connectivity index (χ0v) is 24.0. The number of ether oxygens (including phenoxy) is 2. The number of carbonyl (C=O) groups is 1. The Hall–Kier alpha value is -2.19. The molecule has 2 aromatic rings. The molecule has 1 saturated heterocycles. The molecule has 8 rings (SSSR count). The van der Waals surface area contributed by atoms with E-state index in [1.165, 1.54) is 39.0 Å². The normalized spacial score (nSPS) is 34.3. The lowest BCUT2D eigenvalue weighted by atomic mass is 9.44. The van der Waals surface area contributed by atoms with Gasteiger partial charge in [-0.1, -0.05) is 43.9 Å². The molecule has 5 fully saturated rings. The Morgan fingerprint density at radius 3 is 2.26 bits per heavy atom. The average Bonchev–Trinajstić information content (AvgIpc) is 2.84. The van der Waals surface area contributed by atoms with E-state index in [-0.39, 0.29) is 5.97 Å². The Bertz CT molecular complexity index is 1240. The van der Waals surface area contributed by atoms with Gasteiger partial charge in [-0.15, -0.1) is 0 Å². The van der Waals surface area contributed by atoms with Crippen LogP contribution in [-0.2, 0) is 24.9 Å². The van der Waals surface area contributed by atoms with Gasteiger partial charge in [-0.2, -0.15) is 0 Å². The Morgan fingerprint density at radius 2 is 1.63 bits per heavy atom. The molecule has 0 radical (unpaired) electrons. The van der Waals surface area contributed by atoms with Crippen LogP contribution in [0.4, 0.5) is 11.4 Å². The Balaban J connectivity index is 1.38. The van der Waals surface area contributed by atoms with Crippen LogP contribution in [0.1, 0.15) is 50.2 Å². The summed E-state index contributed by atoms with van der Waals surface area (Å²) in [4.78, 5) is 27.5. The first-order valence-corrected chi connectivity index (χ1v) is 18.1. The van der Waals surface area contributed by atoms with Gasteiger partial charge in [0.1, 0.15) is 18.1 Å². The van der Waals surface area contributed by atoms with Crippen molar-refractivity contribution in [2.24, 2.45) is 23.7 Å². The second-order valence-electron chi connectivity index (χ2n) is 13.5. The molecule has 4 saturated carbocycles. The van der Waals surface area contributed by atoms with Crippen molar-refractivity contribution >= 4 is 25.4 Å². The fourth-order valence-electron chi connectivity index (χ4n) is 8.59. The summed E-state index contributed by atoms with van der Waals surface area (Å²) < 4.78 is 12.2. The van der Waals surface area contributed by atoms with Crippen LogP contribution in [0.2, 0.25) is 25.7 Å². The van der Waals surface area contributed by atoms with Crippen molar-refractivity contribution in [1.29, 1.82) is 0 Å². The Morgan fingerprint density at radius 1 is 0.947 bits per heavy atom. The third kappa shape index (κ3) is 3.44. The first-order valence-electron chi connectivity index (χ1n) is 14.4. The summed E-state index contributed by atoms with van der Waals surface area (Å²) in [5.41, 5.74) is 2.81. The van der Waals surface area contributed by atoms with E-state index >= 15 is 0 Å². The summed E-state index contributed by atoms with van der Waals surface area (Å²) in [6, 6.07) is 15.6. The summed E-state index contributed by atoms with van der Waals surface area (Å²) in [5, 5.41) is 0. The second kappa shape index (κ2) is 8.65. The first-order chi connectivity index (χ1) is 18.2. The number of hydrogen-bond donors (Lipinski definition) is 0. The molecule has 202 valence electrons. The van der Waals surface area contributed by atoms with E-state index in [2.05, 4.69) is 54.9 Å². The smallest absolute Gasteiger partial charge is 0.308 e. The number of carbonyl (C=O) groups excluding carboxylic acids is 1. The molecule has 7 heteroatoms. The summed E-state index contributed by atoms with van der Waals surface area (Å²) in [5.74, 6) is 2.68. The fourth-order valence-corrected chi connectivity index (χ4v) is 9.35. The quantitative estimate of drug-likeness (QED) is 0.134. The van der Waals surface area contributed by atoms with Gasteiger partial charge in [0.2, 0.25) is 0 Å². The Kier molecular flexibility index (Phi) is 5.65. The van der Waals surface area contributed by atoms with Crippen LogP contribution in [0.3, 0.4) is 0 Å². The van der Waals surface area contributed by atoms with Gasteiger partial charge in [-0.3, -0.25) is 4.79 Å². The molecule has 2 aliphatic heterocycles. The third-order valence-corrected chi connectivity index (χ3v) is 11.6. The van der Waals surface area contributed by atoms with Crippen LogP contribution in [0.5, 0.6) is 5.75 Å². The van der Waals surface area contributed by atoms with E-state index < -0.39 is 19.3 Å². The lowest BCUT2D eigenvalue weighted by molar-refractivity contribution is -0.583. The van der Waals surface area contributed by atoms with Crippen LogP contribution in [-0.4, -0.2) is 33.0 Å². The van der Waals surface area contributed by atoms with Crippen molar-refractivity contribution in [3.63, 3.8) is 0 Å². The second-order valence-corrected chi connectivity index (χ2v) is 19.1. The summed E-state index contributed by atoms with van der Waals surface area (Å²) in [6.45, 7) is 9.74. The maximum Gasteiger partial charge on any atom is 0.308 e. The molecule has 1 atom stereocenters. The van der Waals surface area contributed by atoms with Gasteiger partial charge in [-0.25, -0.2) is 9.78 Å². The van der Waals surface area contributed by atoms with E-state index in [1.54, 1.807) is 0 Å². The number of hydrogen-bond acceptors (Lipinski definition) is 6. The first kappa shape index (κ1) is 24.8. The van der Waals surface area contributed by atoms with Gasteiger partial charge in [-0.05, 0) is 80.0 Å². The van der Waals surface area contributed by atoms with Crippen LogP contribution in [0.15, 0.2) is 42.5 Å². The van der Waals surface area contributed by atoms with Crippen molar-refractivity contribution in [1.82, 2.24) is 0 Å². The number of esters is 1. The standard InChI is InChI=1S/C31H39NO5Si/c1-20(33)35-28-11-7-10-27-29(28)31(30(36-37-31)23-15-21-14-22(17-23)18-24(30)16-21)25-8-5-6-9-26(25)32(27)19-34-12-13-38(2,3)4/h5-11,21-24H,12-19H2,1-4H3. The van der Waals surface area contributed by atoms with Gasteiger partial charge in [0.05, 0.1) is 11.3 Å². The van der Waals surface area contributed by atoms with Crippen molar-refractivity contribution < 1.29 is 24.0 Å². The number of benzene rings is 2. The van der Waals surface area contributed by atoms with Gasteiger partial charge in [0, 0.05) is 32.9 Å². The number of fused-ring (bicyclic) bond motifs is 4. The van der Waals surface area contributed by atoms with Gasteiger partial charge < -0.3 is 14.4 Å². The van der Waals surface area contributed by atoms with Gasteiger partial charge in [0.15, 0.2) is 5.60 Å². The van der Waals surface area contributed by atoms with Crippen LogP contribution >= 0.6 is 0 Å². The molecule has 2 aromatic carbocycles. The number of rotatable bonds is 6. The fraction of sp³-hybridized carbons (Fsp3) is 0.581. The largest absolute Gasteiger partial charge is 0.426 e. The maximum atomic E-state index is 12.3. The van der Waals surface area contributed by atoms with Gasteiger partial charge in [0.25, 0.3) is 0 Å². The SMILES string of the molecule is CC(=O)Oc1cccc2c1C1(OOC13C1CC4CC(C1)CC3C4)c1ccccc1N2COCC[Si](C)(C)C. The lowest BCUT2D eigenvalue weighted by Crippen LogP contribution is -2.77. The molecule has 0 aromatic heterocycles. The summed E-state index contributed by atoms with van der Waals surface area (Å²) >= 11 is 0. The molecule has 4 bridgehead atoms. The van der Waals surface area contributed by atoms with Gasteiger partial charge >= 0.3 is 5.97 Å².